The van der Waals surface area contributed by atoms with E-state index < -0.39 is 34.5 Å². The van der Waals surface area contributed by atoms with Crippen molar-refractivity contribution in [2.75, 3.05) is 7.11 Å². The molecule has 2 radical (unpaired) electrons. The van der Waals surface area contributed by atoms with Gasteiger partial charge in [-0.2, -0.15) is 5.10 Å². The molecule has 0 fully saturated rings. The second kappa shape index (κ2) is 14.2. The number of aromatic nitrogens is 4. The Kier molecular flexibility index (Phi) is 10.1. The fraction of sp³-hybridized carbons (Fsp3) is 0.324. The van der Waals surface area contributed by atoms with Crippen molar-refractivity contribution >= 4 is 30.2 Å². The number of nitrogens with one attached hydrogen (secondary N) is 1. The van der Waals surface area contributed by atoms with Crippen LogP contribution in [0.2, 0.25) is 0 Å². The second-order valence-electron chi connectivity index (χ2n) is 13.1. The average Bonchev–Trinajstić information content (AvgIpc) is 3.72. The van der Waals surface area contributed by atoms with Crippen LogP contribution in [0.4, 0.5) is 8.78 Å². The van der Waals surface area contributed by atoms with Crippen molar-refractivity contribution in [3.8, 4) is 35.2 Å². The molecule has 3 aromatic carbocycles. The highest BCUT2D eigenvalue weighted by Gasteiger charge is 2.37. The Balaban J connectivity index is 1.54. The number of aromatic amines is 1. The predicted molar refractivity (Wildman–Crippen MR) is 186 cm³/mol. The van der Waals surface area contributed by atoms with Gasteiger partial charge in [-0.1, -0.05) is 30.2 Å². The largest absolute Gasteiger partial charge is 0.468 e. The number of carbonyl (C=O) groups excluding carboxylic acids is 1. The summed E-state index contributed by atoms with van der Waals surface area (Å²) in [5, 5.41) is 17.0. The summed E-state index contributed by atoms with van der Waals surface area (Å²) in [7, 11) is 9.11. The van der Waals surface area contributed by atoms with Crippen LogP contribution in [-0.2, 0) is 28.4 Å². The Morgan fingerprint density at radius 2 is 1.90 bits per heavy atom. The maximum Gasteiger partial charge on any atom is 0.321 e. The molecule has 0 saturated heterocycles. The summed E-state index contributed by atoms with van der Waals surface area (Å²) >= 11 is 0. The molecule has 2 heterocycles. The lowest BCUT2D eigenvalue weighted by atomic mass is 9.75. The number of terminal acetylenes is 1. The van der Waals surface area contributed by atoms with Crippen LogP contribution in [0.15, 0.2) is 60.8 Å². The molecule has 2 aromatic heterocycles. The first-order valence-corrected chi connectivity index (χ1v) is 15.9. The molecular formula is C37H36BF2N5O5. The van der Waals surface area contributed by atoms with Crippen LogP contribution in [0.25, 0.3) is 22.3 Å². The molecule has 256 valence electrons. The number of benzene rings is 3. The summed E-state index contributed by atoms with van der Waals surface area (Å²) in [5.74, 6) is 0.281. The number of hydrogen-bond donors (Lipinski definition) is 1. The summed E-state index contributed by atoms with van der Waals surface area (Å²) in [6.07, 6.45) is 8.60. The highest BCUT2D eigenvalue weighted by atomic mass is 19.1. The van der Waals surface area contributed by atoms with Crippen LogP contribution in [0.1, 0.15) is 57.0 Å². The maximum atomic E-state index is 15.5. The van der Waals surface area contributed by atoms with Gasteiger partial charge in [-0.15, -0.1) is 6.42 Å². The molecule has 0 aliphatic carbocycles. The fourth-order valence-corrected chi connectivity index (χ4v) is 5.97. The number of hydrogen-bond acceptors (Lipinski definition) is 7. The quantitative estimate of drug-likeness (QED) is 0.0508. The van der Waals surface area contributed by atoms with E-state index in [0.29, 0.717) is 29.6 Å². The first-order valence-electron chi connectivity index (χ1n) is 15.9. The van der Waals surface area contributed by atoms with E-state index in [1.807, 2.05) is 31.2 Å². The number of methoxy groups -OCH3 is 1. The molecule has 0 amide bonds. The molecule has 1 unspecified atom stereocenters. The zero-order valence-corrected chi connectivity index (χ0v) is 28.4. The minimum atomic E-state index is -1.16. The van der Waals surface area contributed by atoms with Crippen LogP contribution in [0.3, 0.4) is 0 Å². The van der Waals surface area contributed by atoms with Gasteiger partial charge >= 0.3 is 5.97 Å². The van der Waals surface area contributed by atoms with Gasteiger partial charge < -0.3 is 14.5 Å². The van der Waals surface area contributed by atoms with Crippen molar-refractivity contribution < 1.29 is 28.0 Å². The van der Waals surface area contributed by atoms with Crippen LogP contribution >= 0.6 is 0 Å². The van der Waals surface area contributed by atoms with Crippen molar-refractivity contribution in [3.63, 3.8) is 0 Å². The normalized spacial score (nSPS) is 13.4. The van der Waals surface area contributed by atoms with E-state index in [0.717, 1.165) is 11.1 Å². The van der Waals surface area contributed by atoms with Gasteiger partial charge in [0.2, 0.25) is 5.54 Å². The van der Waals surface area contributed by atoms with Gasteiger partial charge in [-0.3, -0.25) is 14.9 Å². The van der Waals surface area contributed by atoms with Crippen molar-refractivity contribution in [3.05, 3.63) is 99.5 Å². The van der Waals surface area contributed by atoms with Gasteiger partial charge in [0.25, 0.3) is 0 Å². The third-order valence-corrected chi connectivity index (χ3v) is 9.11. The number of ether oxygens (including phenoxy) is 2. The number of nitrogens with zero attached hydrogens (tertiary/aromatic N) is 4. The van der Waals surface area contributed by atoms with E-state index in [9.17, 15) is 14.9 Å². The lowest BCUT2D eigenvalue weighted by molar-refractivity contribution is -0.561. The number of H-pyrrole nitrogens is 1. The predicted octanol–water partition coefficient (Wildman–Crippen LogP) is 6.32. The Morgan fingerprint density at radius 3 is 2.60 bits per heavy atom. The van der Waals surface area contributed by atoms with Gasteiger partial charge in [0.15, 0.2) is 23.2 Å². The molecule has 50 heavy (non-hydrogen) atoms. The van der Waals surface area contributed by atoms with Gasteiger partial charge in [-0.25, -0.2) is 18.4 Å². The topological polar surface area (TPSA) is 125 Å². The van der Waals surface area contributed by atoms with E-state index in [2.05, 4.69) is 10.9 Å². The molecule has 5 aromatic rings. The summed E-state index contributed by atoms with van der Waals surface area (Å²) < 4.78 is 42.6. The molecule has 1 N–H and O–H groups in total. The van der Waals surface area contributed by atoms with Crippen LogP contribution in [-0.4, -0.2) is 51.1 Å². The van der Waals surface area contributed by atoms with E-state index in [-0.39, 0.29) is 46.1 Å². The lowest BCUT2D eigenvalue weighted by Gasteiger charge is -2.29. The van der Waals surface area contributed by atoms with E-state index >= 15 is 8.78 Å². The highest BCUT2D eigenvalue weighted by molar-refractivity contribution is 6.40. The smallest absolute Gasteiger partial charge is 0.321 e. The van der Waals surface area contributed by atoms with Crippen molar-refractivity contribution in [2.45, 2.75) is 57.4 Å². The zero-order chi connectivity index (χ0) is 36.4. The fourth-order valence-electron chi connectivity index (χ4n) is 5.97. The highest BCUT2D eigenvalue weighted by Crippen LogP contribution is 2.39. The number of fused-ring (bicyclic) bond motifs is 1. The van der Waals surface area contributed by atoms with E-state index in [1.165, 1.54) is 36.1 Å². The van der Waals surface area contributed by atoms with Crippen molar-refractivity contribution in [1.82, 2.24) is 19.7 Å². The number of halogens is 2. The SMILES string of the molecule is [B]c1c(Oc2ccc(F)c(-c3nc(C(C)(CCCC(C)(C)[N+](=O)[O-])c4cccc(C[C@H](C#C)C(=O)OC)c4)nn3C)c2)c(F)cc2[nH]ccc12. The molecule has 13 heteroatoms. The summed E-state index contributed by atoms with van der Waals surface area (Å²) in [5.41, 5.74) is 0.110. The summed E-state index contributed by atoms with van der Waals surface area (Å²) in [4.78, 5) is 31.3. The minimum absolute atomic E-state index is 0.0472. The van der Waals surface area contributed by atoms with E-state index in [4.69, 9.17) is 33.8 Å². The molecule has 10 nitrogen and oxygen atoms in total. The standard InChI is InChI=1S/C37H36BF2N5O5/c1-7-23(34(46)49-6)18-22-10-8-11-24(19-22)37(4,16-9-15-36(2,3)45(47)48)35-42-33(44(5)43-35)27-20-25(12-13-28(27)39)50-32-29(40)21-30-26(31(32)38)14-17-41-30/h1,8,10-14,17,19-21,23,41H,9,15-16,18H2,2-6H3/t23-,37?/m0/s1. The van der Waals surface area contributed by atoms with Gasteiger partial charge in [0.1, 0.15) is 25.3 Å². The Labute approximate surface area is 289 Å². The Bertz CT molecular complexity index is 2120. The molecule has 0 aliphatic heterocycles. The molecular weight excluding hydrogens is 643 g/mol. The third-order valence-electron chi connectivity index (χ3n) is 9.11. The van der Waals surface area contributed by atoms with Crippen LogP contribution < -0.4 is 10.2 Å². The van der Waals surface area contributed by atoms with Crippen molar-refractivity contribution in [2.24, 2.45) is 13.0 Å². The monoisotopic (exact) mass is 679 g/mol. The van der Waals surface area contributed by atoms with Gasteiger partial charge in [0.05, 0.1) is 18.1 Å². The lowest BCUT2D eigenvalue weighted by Crippen LogP contribution is -2.32. The molecule has 2 atom stereocenters. The number of carbonyl (C=O) groups is 1. The van der Waals surface area contributed by atoms with Gasteiger partial charge in [-0.05, 0) is 72.4 Å². The van der Waals surface area contributed by atoms with E-state index in [1.54, 1.807) is 33.2 Å². The second-order valence-corrected chi connectivity index (χ2v) is 13.1. The number of nitro groups is 1. The molecule has 0 spiro atoms. The summed E-state index contributed by atoms with van der Waals surface area (Å²) in [6, 6.07) is 14.4. The Morgan fingerprint density at radius 1 is 1.14 bits per heavy atom. The number of rotatable bonds is 13. The van der Waals surface area contributed by atoms with Crippen LogP contribution in [0.5, 0.6) is 11.5 Å². The average molecular weight is 680 g/mol. The first-order chi connectivity index (χ1) is 23.7. The molecule has 0 aliphatic rings. The van der Waals surface area contributed by atoms with Crippen LogP contribution in [0, 0.1) is 40.0 Å². The van der Waals surface area contributed by atoms with Crippen molar-refractivity contribution in [1.29, 1.82) is 0 Å². The molecule has 0 bridgehead atoms. The number of esters is 1. The molecule has 0 saturated carbocycles. The first kappa shape index (κ1) is 35.8. The minimum Gasteiger partial charge on any atom is -0.468 e. The molecule has 5 rings (SSSR count). The zero-order valence-electron chi connectivity index (χ0n) is 28.4. The maximum absolute atomic E-state index is 15.5. The Hall–Kier alpha value is -5.51. The van der Waals surface area contributed by atoms with Gasteiger partial charge in [0, 0.05) is 50.0 Å². The summed E-state index contributed by atoms with van der Waals surface area (Å²) in [6.45, 7) is 5.06. The third kappa shape index (κ3) is 7.10. The number of aryl methyl sites for hydroxylation is 1.